The van der Waals surface area contributed by atoms with Crippen molar-refractivity contribution < 1.29 is 14.3 Å². The van der Waals surface area contributed by atoms with Gasteiger partial charge in [0.25, 0.3) is 0 Å². The lowest BCUT2D eigenvalue weighted by Gasteiger charge is -2.20. The van der Waals surface area contributed by atoms with Gasteiger partial charge in [0.2, 0.25) is 5.91 Å². The Bertz CT molecular complexity index is 734. The van der Waals surface area contributed by atoms with Crippen LogP contribution in [0.5, 0.6) is 11.5 Å². The number of halogens is 1. The highest BCUT2D eigenvalue weighted by Gasteiger charge is 2.13. The Morgan fingerprint density at radius 1 is 1.12 bits per heavy atom. The van der Waals surface area contributed by atoms with Crippen molar-refractivity contribution in [3.8, 4) is 11.5 Å². The number of nitrogens with one attached hydrogen (secondary N) is 1. The maximum absolute atomic E-state index is 12.3. The molecule has 1 N–H and O–H groups in total. The van der Waals surface area contributed by atoms with Gasteiger partial charge in [-0.15, -0.1) is 0 Å². The summed E-state index contributed by atoms with van der Waals surface area (Å²) in [6.45, 7) is 2.94. The quantitative estimate of drug-likeness (QED) is 0.705. The van der Waals surface area contributed by atoms with E-state index in [-0.39, 0.29) is 11.9 Å². The van der Waals surface area contributed by atoms with Gasteiger partial charge in [-0.1, -0.05) is 34.1 Å². The molecule has 6 heteroatoms. The van der Waals surface area contributed by atoms with E-state index in [0.29, 0.717) is 24.6 Å². The van der Waals surface area contributed by atoms with E-state index in [4.69, 9.17) is 9.47 Å². The number of carbonyl (C=O) groups excluding carboxylic acids is 1. The summed E-state index contributed by atoms with van der Waals surface area (Å²) in [6, 6.07) is 13.7. The standard InChI is InChI=1S/C20H25BrN2O3/c1-14(16-6-8-17(21)9-7-16)22-20(24)13-23(2)12-15-5-10-18(25-3)19(11-15)26-4/h5-11,14H,12-13H2,1-4H3,(H,22,24)/t14-/m0/s1. The maximum atomic E-state index is 12.3. The normalized spacial score (nSPS) is 11.9. The monoisotopic (exact) mass is 420 g/mol. The molecule has 0 spiro atoms. The summed E-state index contributed by atoms with van der Waals surface area (Å²) in [7, 11) is 5.14. The fourth-order valence-corrected chi connectivity index (χ4v) is 2.98. The van der Waals surface area contributed by atoms with Crippen LogP contribution in [0.15, 0.2) is 46.9 Å². The van der Waals surface area contributed by atoms with Gasteiger partial charge < -0.3 is 14.8 Å². The van der Waals surface area contributed by atoms with Gasteiger partial charge in [0.15, 0.2) is 11.5 Å². The van der Waals surface area contributed by atoms with Crippen LogP contribution >= 0.6 is 15.9 Å². The first-order valence-corrected chi connectivity index (χ1v) is 9.16. The van der Waals surface area contributed by atoms with Gasteiger partial charge in [-0.2, -0.15) is 0 Å². The van der Waals surface area contributed by atoms with Gasteiger partial charge in [0.05, 0.1) is 26.8 Å². The first-order chi connectivity index (χ1) is 12.4. The molecule has 0 heterocycles. The van der Waals surface area contributed by atoms with Gasteiger partial charge in [0, 0.05) is 11.0 Å². The van der Waals surface area contributed by atoms with E-state index in [1.165, 1.54) is 0 Å². The topological polar surface area (TPSA) is 50.8 Å². The predicted octanol–water partition coefficient (Wildman–Crippen LogP) is 3.78. The van der Waals surface area contributed by atoms with E-state index in [9.17, 15) is 4.79 Å². The van der Waals surface area contributed by atoms with E-state index < -0.39 is 0 Å². The second kappa shape index (κ2) is 9.59. The number of rotatable bonds is 8. The number of nitrogens with zero attached hydrogens (tertiary/aromatic N) is 1. The highest BCUT2D eigenvalue weighted by molar-refractivity contribution is 9.10. The molecule has 140 valence electrons. The van der Waals surface area contributed by atoms with E-state index >= 15 is 0 Å². The zero-order chi connectivity index (χ0) is 19.1. The summed E-state index contributed by atoms with van der Waals surface area (Å²) < 4.78 is 11.6. The van der Waals surface area contributed by atoms with Gasteiger partial charge in [-0.05, 0) is 49.4 Å². The molecular weight excluding hydrogens is 396 g/mol. The number of ether oxygens (including phenoxy) is 2. The molecule has 0 aliphatic rings. The average Bonchev–Trinajstić information content (AvgIpc) is 2.61. The number of benzene rings is 2. The van der Waals surface area contributed by atoms with E-state index in [1.807, 2.05) is 61.3 Å². The van der Waals surface area contributed by atoms with E-state index in [1.54, 1.807) is 14.2 Å². The van der Waals surface area contributed by atoms with Crippen LogP contribution in [0, 0.1) is 0 Å². The number of amides is 1. The van der Waals surface area contributed by atoms with E-state index in [2.05, 4.69) is 21.2 Å². The zero-order valence-corrected chi connectivity index (χ0v) is 17.2. The third kappa shape index (κ3) is 5.75. The van der Waals surface area contributed by atoms with Crippen LogP contribution in [0.4, 0.5) is 0 Å². The van der Waals surface area contributed by atoms with Crippen molar-refractivity contribution in [1.29, 1.82) is 0 Å². The van der Waals surface area contributed by atoms with Crippen molar-refractivity contribution in [2.75, 3.05) is 27.8 Å². The van der Waals surface area contributed by atoms with Crippen LogP contribution in [0.3, 0.4) is 0 Å². The minimum absolute atomic E-state index is 0.0107. The summed E-state index contributed by atoms with van der Waals surface area (Å²) in [6.07, 6.45) is 0. The lowest BCUT2D eigenvalue weighted by atomic mass is 10.1. The lowest BCUT2D eigenvalue weighted by molar-refractivity contribution is -0.122. The van der Waals surface area contributed by atoms with Crippen molar-refractivity contribution in [3.63, 3.8) is 0 Å². The highest BCUT2D eigenvalue weighted by Crippen LogP contribution is 2.27. The molecule has 2 rings (SSSR count). The molecule has 1 amide bonds. The molecule has 1 atom stereocenters. The van der Waals surface area contributed by atoms with Crippen LogP contribution in [0.1, 0.15) is 24.1 Å². The third-order valence-corrected chi connectivity index (χ3v) is 4.59. The third-order valence-electron chi connectivity index (χ3n) is 4.06. The molecule has 0 aromatic heterocycles. The Hall–Kier alpha value is -2.05. The molecule has 0 bridgehead atoms. The van der Waals surface area contributed by atoms with Crippen molar-refractivity contribution in [1.82, 2.24) is 10.2 Å². The van der Waals surface area contributed by atoms with Crippen LogP contribution < -0.4 is 14.8 Å². The summed E-state index contributed by atoms with van der Waals surface area (Å²) in [5.41, 5.74) is 2.13. The average molecular weight is 421 g/mol. The zero-order valence-electron chi connectivity index (χ0n) is 15.6. The summed E-state index contributed by atoms with van der Waals surface area (Å²) in [4.78, 5) is 14.3. The Labute approximate surface area is 163 Å². The minimum Gasteiger partial charge on any atom is -0.493 e. The lowest BCUT2D eigenvalue weighted by Crippen LogP contribution is -2.36. The van der Waals surface area contributed by atoms with Crippen LogP contribution in [0.2, 0.25) is 0 Å². The molecule has 26 heavy (non-hydrogen) atoms. The van der Waals surface area contributed by atoms with Crippen molar-refractivity contribution >= 4 is 21.8 Å². The van der Waals surface area contributed by atoms with E-state index in [0.717, 1.165) is 15.6 Å². The Morgan fingerprint density at radius 3 is 2.38 bits per heavy atom. The van der Waals surface area contributed by atoms with Crippen molar-refractivity contribution in [2.45, 2.75) is 19.5 Å². The van der Waals surface area contributed by atoms with Crippen LogP contribution in [-0.4, -0.2) is 38.6 Å². The molecule has 0 fully saturated rings. The molecule has 0 saturated carbocycles. The predicted molar refractivity (Wildman–Crippen MR) is 107 cm³/mol. The number of hydrogen-bond donors (Lipinski definition) is 1. The fourth-order valence-electron chi connectivity index (χ4n) is 2.71. The smallest absolute Gasteiger partial charge is 0.234 e. The summed E-state index contributed by atoms with van der Waals surface area (Å²) >= 11 is 3.42. The van der Waals surface area contributed by atoms with Gasteiger partial charge in [-0.25, -0.2) is 0 Å². The van der Waals surface area contributed by atoms with Crippen LogP contribution in [-0.2, 0) is 11.3 Å². The summed E-state index contributed by atoms with van der Waals surface area (Å²) in [5, 5.41) is 3.03. The Balaban J connectivity index is 1.89. The number of hydrogen-bond acceptors (Lipinski definition) is 4. The van der Waals surface area contributed by atoms with Crippen molar-refractivity contribution in [3.05, 3.63) is 58.1 Å². The highest BCUT2D eigenvalue weighted by atomic mass is 79.9. The molecule has 5 nitrogen and oxygen atoms in total. The molecule has 0 unspecified atom stereocenters. The Morgan fingerprint density at radius 2 is 1.77 bits per heavy atom. The maximum Gasteiger partial charge on any atom is 0.234 e. The minimum atomic E-state index is -0.0370. The van der Waals surface area contributed by atoms with Gasteiger partial charge in [-0.3, -0.25) is 9.69 Å². The second-order valence-corrected chi connectivity index (χ2v) is 7.12. The number of methoxy groups -OCH3 is 2. The summed E-state index contributed by atoms with van der Waals surface area (Å²) in [5.74, 6) is 1.37. The Kier molecular flexibility index (Phi) is 7.48. The number of carbonyl (C=O) groups is 1. The molecule has 2 aromatic carbocycles. The van der Waals surface area contributed by atoms with Crippen LogP contribution in [0.25, 0.3) is 0 Å². The number of likely N-dealkylation sites (N-methyl/N-ethyl adjacent to an activating group) is 1. The molecule has 0 saturated heterocycles. The largest absolute Gasteiger partial charge is 0.493 e. The molecule has 0 aliphatic heterocycles. The second-order valence-electron chi connectivity index (χ2n) is 6.20. The van der Waals surface area contributed by atoms with Gasteiger partial charge in [0.1, 0.15) is 0 Å². The first kappa shape index (κ1) is 20.3. The molecular formula is C20H25BrN2O3. The molecule has 0 aliphatic carbocycles. The van der Waals surface area contributed by atoms with Crippen molar-refractivity contribution in [2.24, 2.45) is 0 Å². The van der Waals surface area contributed by atoms with Gasteiger partial charge >= 0.3 is 0 Å². The first-order valence-electron chi connectivity index (χ1n) is 8.37. The molecule has 0 radical (unpaired) electrons. The molecule has 2 aromatic rings. The SMILES string of the molecule is COc1ccc(CN(C)CC(=O)N[C@@H](C)c2ccc(Br)cc2)cc1OC. The fraction of sp³-hybridized carbons (Fsp3) is 0.350.